The number of benzene rings is 1. The predicted molar refractivity (Wildman–Crippen MR) is 83.2 cm³/mol. The minimum absolute atomic E-state index is 0.115. The number of nitrogens with one attached hydrogen (secondary N) is 1. The quantitative estimate of drug-likeness (QED) is 0.647. The van der Waals surface area contributed by atoms with E-state index in [1.807, 2.05) is 24.7 Å². The second-order valence-corrected chi connectivity index (χ2v) is 7.75. The smallest absolute Gasteiger partial charge is 0.253 e. The molecule has 0 aromatic heterocycles. The molecular weight excluding hydrogens is 272 g/mol. The molecule has 0 radical (unpaired) electrons. The molecule has 20 heavy (non-hydrogen) atoms. The summed E-state index contributed by atoms with van der Waals surface area (Å²) in [6, 6.07) is 3.59. The monoisotopic (exact) mass is 298 g/mol. The van der Waals surface area contributed by atoms with Gasteiger partial charge in [0, 0.05) is 0 Å². The number of hydrogen-bond donors (Lipinski definition) is 2. The van der Waals surface area contributed by atoms with Crippen LogP contribution in [0.5, 0.6) is 0 Å². The summed E-state index contributed by atoms with van der Waals surface area (Å²) in [7, 11) is -3.64. The summed E-state index contributed by atoms with van der Waals surface area (Å²) >= 11 is 0. The van der Waals surface area contributed by atoms with Crippen LogP contribution >= 0.6 is 0 Å². The van der Waals surface area contributed by atoms with Crippen molar-refractivity contribution in [1.82, 2.24) is 4.83 Å². The molecule has 5 heteroatoms. The summed E-state index contributed by atoms with van der Waals surface area (Å²) in [4.78, 5) is 2.23. The maximum Gasteiger partial charge on any atom is 0.253 e. The van der Waals surface area contributed by atoms with Crippen molar-refractivity contribution in [2.24, 2.45) is 5.84 Å². The third kappa shape index (κ3) is 3.22. The molecule has 0 saturated carbocycles. The molecule has 0 spiro atoms. The van der Waals surface area contributed by atoms with Crippen molar-refractivity contribution >= 4 is 10.0 Å². The Morgan fingerprint density at radius 3 is 1.75 bits per heavy atom. The van der Waals surface area contributed by atoms with Crippen LogP contribution < -0.4 is 10.7 Å². The maximum atomic E-state index is 12.1. The van der Waals surface area contributed by atoms with Gasteiger partial charge in [0.25, 0.3) is 10.0 Å². The molecule has 3 N–H and O–H groups in total. The molecule has 0 aliphatic rings. The van der Waals surface area contributed by atoms with E-state index in [0.29, 0.717) is 10.8 Å². The van der Waals surface area contributed by atoms with E-state index in [1.165, 1.54) is 5.56 Å². The summed E-state index contributed by atoms with van der Waals surface area (Å²) < 4.78 is 24.3. The van der Waals surface area contributed by atoms with E-state index in [9.17, 15) is 8.42 Å². The van der Waals surface area contributed by atoms with Gasteiger partial charge in [-0.1, -0.05) is 47.6 Å². The number of sulfonamides is 1. The van der Waals surface area contributed by atoms with E-state index < -0.39 is 10.0 Å². The summed E-state index contributed by atoms with van der Waals surface area (Å²) in [6.07, 6.45) is 0. The van der Waals surface area contributed by atoms with Gasteiger partial charge in [-0.25, -0.2) is 8.42 Å². The Morgan fingerprint density at radius 1 is 0.900 bits per heavy atom. The van der Waals surface area contributed by atoms with E-state index in [4.69, 9.17) is 5.84 Å². The van der Waals surface area contributed by atoms with Crippen molar-refractivity contribution in [3.05, 3.63) is 28.8 Å². The second-order valence-electron chi connectivity index (χ2n) is 6.07. The highest BCUT2D eigenvalue weighted by atomic mass is 32.2. The molecule has 0 aliphatic carbocycles. The normalized spacial score (nSPS) is 12.7. The van der Waals surface area contributed by atoms with E-state index >= 15 is 0 Å². The van der Waals surface area contributed by atoms with E-state index in [1.54, 1.807) is 6.07 Å². The molecule has 0 bridgehead atoms. The molecule has 0 atom stereocenters. The van der Waals surface area contributed by atoms with Gasteiger partial charge in [0.1, 0.15) is 0 Å². The fourth-order valence-electron chi connectivity index (χ4n) is 2.67. The van der Waals surface area contributed by atoms with Crippen LogP contribution in [0.4, 0.5) is 0 Å². The topological polar surface area (TPSA) is 72.2 Å². The lowest BCUT2D eigenvalue weighted by Crippen LogP contribution is -2.31. The van der Waals surface area contributed by atoms with Gasteiger partial charge in [-0.05, 0) is 40.5 Å². The van der Waals surface area contributed by atoms with Gasteiger partial charge < -0.3 is 0 Å². The van der Waals surface area contributed by atoms with E-state index in [0.717, 1.165) is 11.1 Å². The van der Waals surface area contributed by atoms with Crippen molar-refractivity contribution in [2.75, 3.05) is 0 Å². The highest BCUT2D eigenvalue weighted by Crippen LogP contribution is 2.37. The van der Waals surface area contributed by atoms with E-state index in [2.05, 4.69) is 27.7 Å². The summed E-state index contributed by atoms with van der Waals surface area (Å²) in [5, 5.41) is 0. The van der Waals surface area contributed by atoms with Crippen LogP contribution in [0.1, 0.15) is 76.0 Å². The average molecular weight is 298 g/mol. The molecule has 0 amide bonds. The Morgan fingerprint density at radius 2 is 1.40 bits per heavy atom. The van der Waals surface area contributed by atoms with Crippen LogP contribution in [0.25, 0.3) is 0 Å². The largest absolute Gasteiger partial charge is 0.257 e. The fourth-order valence-corrected chi connectivity index (χ4v) is 3.68. The van der Waals surface area contributed by atoms with Gasteiger partial charge >= 0.3 is 0 Å². The van der Waals surface area contributed by atoms with Crippen molar-refractivity contribution in [3.8, 4) is 0 Å². The number of hydrazine groups is 1. The molecule has 1 rings (SSSR count). The van der Waals surface area contributed by atoms with Gasteiger partial charge in [0.2, 0.25) is 0 Å². The number of rotatable bonds is 5. The molecule has 0 unspecified atom stereocenters. The molecule has 114 valence electrons. The second kappa shape index (κ2) is 6.24. The van der Waals surface area contributed by atoms with Crippen LogP contribution in [0.15, 0.2) is 17.0 Å². The zero-order valence-electron chi connectivity index (χ0n) is 13.2. The fraction of sp³-hybridized carbons (Fsp3) is 0.600. The third-order valence-corrected chi connectivity index (χ3v) is 4.75. The average Bonchev–Trinajstić information content (AvgIpc) is 2.36. The first-order chi connectivity index (χ1) is 9.13. The van der Waals surface area contributed by atoms with Crippen LogP contribution in [-0.4, -0.2) is 8.42 Å². The standard InChI is InChI=1S/C15H26N2O2S/c1-9(2)12-7-8-13(20(18,19)17-16)15(11(5)6)14(12)10(3)4/h7-11,17H,16H2,1-6H3. The number of hydrogen-bond acceptors (Lipinski definition) is 3. The van der Waals surface area contributed by atoms with Gasteiger partial charge in [-0.15, -0.1) is 0 Å². The third-order valence-electron chi connectivity index (χ3n) is 3.50. The van der Waals surface area contributed by atoms with Gasteiger partial charge in [-0.2, -0.15) is 4.83 Å². The summed E-state index contributed by atoms with van der Waals surface area (Å²) in [5.74, 6) is 5.92. The maximum absolute atomic E-state index is 12.1. The SMILES string of the molecule is CC(C)c1ccc(S(=O)(=O)NN)c(C(C)C)c1C(C)C. The van der Waals surface area contributed by atoms with Crippen molar-refractivity contribution < 1.29 is 8.42 Å². The molecule has 0 aliphatic heterocycles. The molecule has 1 aromatic rings. The zero-order chi connectivity index (χ0) is 15.7. The van der Waals surface area contributed by atoms with Crippen molar-refractivity contribution in [2.45, 2.75) is 64.2 Å². The first-order valence-corrected chi connectivity index (χ1v) is 8.50. The Balaban J connectivity index is 3.79. The molecule has 0 saturated heterocycles. The van der Waals surface area contributed by atoms with Crippen LogP contribution in [-0.2, 0) is 10.0 Å². The van der Waals surface area contributed by atoms with Crippen LogP contribution in [0, 0.1) is 0 Å². The minimum atomic E-state index is -3.64. The lowest BCUT2D eigenvalue weighted by molar-refractivity contribution is 0.580. The first-order valence-electron chi connectivity index (χ1n) is 7.02. The Kier molecular flexibility index (Phi) is 5.35. The zero-order valence-corrected chi connectivity index (χ0v) is 14.0. The van der Waals surface area contributed by atoms with Crippen molar-refractivity contribution in [3.63, 3.8) is 0 Å². The molecule has 0 heterocycles. The molecule has 1 aromatic carbocycles. The lowest BCUT2D eigenvalue weighted by Gasteiger charge is -2.25. The van der Waals surface area contributed by atoms with Gasteiger partial charge in [0.05, 0.1) is 4.90 Å². The van der Waals surface area contributed by atoms with Crippen molar-refractivity contribution in [1.29, 1.82) is 0 Å². The van der Waals surface area contributed by atoms with Gasteiger partial charge in [0.15, 0.2) is 0 Å². The highest BCUT2D eigenvalue weighted by Gasteiger charge is 2.25. The predicted octanol–water partition coefficient (Wildman–Crippen LogP) is 3.21. The Bertz CT molecular complexity index is 576. The molecular formula is C15H26N2O2S. The molecule has 4 nitrogen and oxygen atoms in total. The molecule has 0 fully saturated rings. The minimum Gasteiger partial charge on any atom is -0.257 e. The Hall–Kier alpha value is -0.910. The van der Waals surface area contributed by atoms with Crippen LogP contribution in [0.3, 0.4) is 0 Å². The summed E-state index contributed by atoms with van der Waals surface area (Å²) in [5.41, 5.74) is 3.22. The Labute approximate surface area is 122 Å². The van der Waals surface area contributed by atoms with Gasteiger partial charge in [-0.3, -0.25) is 5.84 Å². The van der Waals surface area contributed by atoms with Crippen LogP contribution in [0.2, 0.25) is 0 Å². The lowest BCUT2D eigenvalue weighted by atomic mass is 9.83. The summed E-state index contributed by atoms with van der Waals surface area (Å²) in [6.45, 7) is 12.5. The van der Waals surface area contributed by atoms with E-state index in [-0.39, 0.29) is 11.8 Å². The first kappa shape index (κ1) is 17.1. The highest BCUT2D eigenvalue weighted by molar-refractivity contribution is 7.89. The number of nitrogens with two attached hydrogens (primary N) is 1.